The topological polar surface area (TPSA) is 79.3 Å². The molecule has 3 fully saturated rings. The van der Waals surface area contributed by atoms with Gasteiger partial charge in [-0.15, -0.1) is 0 Å². The number of benzene rings is 2. The summed E-state index contributed by atoms with van der Waals surface area (Å²) in [6.45, 7) is 6.27. The van der Waals surface area contributed by atoms with E-state index in [1.165, 1.54) is 25.3 Å². The third kappa shape index (κ3) is 5.01. The van der Waals surface area contributed by atoms with Gasteiger partial charge >= 0.3 is 5.97 Å². The minimum Gasteiger partial charge on any atom is -0.508 e. The van der Waals surface area contributed by atoms with Gasteiger partial charge in [0.1, 0.15) is 11.9 Å². The lowest BCUT2D eigenvalue weighted by atomic mass is 9.50. The van der Waals surface area contributed by atoms with Gasteiger partial charge in [-0.3, -0.25) is 14.5 Å². The molecule has 2 aromatic carbocycles. The fourth-order valence-corrected chi connectivity index (χ4v) is 9.23. The second-order valence-electron chi connectivity index (χ2n) is 13.7. The van der Waals surface area contributed by atoms with Crippen molar-refractivity contribution in [3.8, 4) is 17.2 Å². The number of rotatable bonds is 11. The summed E-state index contributed by atoms with van der Waals surface area (Å²) in [7, 11) is 0. The summed E-state index contributed by atoms with van der Waals surface area (Å²) < 4.78 is 12.6. The van der Waals surface area contributed by atoms with E-state index < -0.39 is 5.97 Å². The van der Waals surface area contributed by atoms with Crippen LogP contribution >= 0.6 is 0 Å². The van der Waals surface area contributed by atoms with Crippen LogP contribution in [0.2, 0.25) is 0 Å². The molecule has 1 amide bonds. The Labute approximate surface area is 255 Å². The van der Waals surface area contributed by atoms with E-state index in [0.717, 1.165) is 81.5 Å². The molecule has 230 valence electrons. The van der Waals surface area contributed by atoms with Gasteiger partial charge in [-0.25, -0.2) is 0 Å². The van der Waals surface area contributed by atoms with E-state index in [9.17, 15) is 14.7 Å². The number of hydrogen-bond acceptors (Lipinski definition) is 6. The Bertz CT molecular complexity index is 1370. The number of phenolic OH excluding ortho intramolecular Hbond substituents is 1. The van der Waals surface area contributed by atoms with Crippen LogP contribution in [-0.4, -0.2) is 64.6 Å². The van der Waals surface area contributed by atoms with Gasteiger partial charge in [-0.1, -0.05) is 36.8 Å². The van der Waals surface area contributed by atoms with Gasteiger partial charge in [0.15, 0.2) is 11.5 Å². The SMILES string of the molecule is CCN(C(=O)CCCCCc1ccccc1)[C@@H]1CC[C@H]2[C@H]3Cc4c(O)cc(OC(C)=O)c5c4[C@@]2(CCN3CC2CC2)[C@H]1O5. The van der Waals surface area contributed by atoms with Crippen molar-refractivity contribution >= 4 is 11.9 Å². The third-order valence-corrected chi connectivity index (χ3v) is 11.2. The molecule has 3 aliphatic carbocycles. The van der Waals surface area contributed by atoms with E-state index in [1.807, 2.05) is 6.07 Å². The number of amides is 1. The lowest BCUT2D eigenvalue weighted by molar-refractivity contribution is -0.142. The molecule has 5 aliphatic rings. The molecule has 1 N–H and O–H groups in total. The molecule has 2 aliphatic heterocycles. The van der Waals surface area contributed by atoms with Crippen molar-refractivity contribution in [1.82, 2.24) is 9.80 Å². The van der Waals surface area contributed by atoms with E-state index in [-0.39, 0.29) is 29.2 Å². The summed E-state index contributed by atoms with van der Waals surface area (Å²) in [4.78, 5) is 30.7. The maximum absolute atomic E-state index is 13.8. The minimum absolute atomic E-state index is 0.0422. The monoisotopic (exact) mass is 586 g/mol. The van der Waals surface area contributed by atoms with Crippen molar-refractivity contribution in [2.45, 2.75) is 108 Å². The van der Waals surface area contributed by atoms with Gasteiger partial charge in [-0.05, 0) is 88.7 Å². The van der Waals surface area contributed by atoms with Gasteiger partial charge in [0.2, 0.25) is 5.91 Å². The average molecular weight is 587 g/mol. The van der Waals surface area contributed by atoms with E-state index in [1.54, 1.807) is 6.07 Å². The number of aromatic hydroxyl groups is 1. The van der Waals surface area contributed by atoms with E-state index in [0.29, 0.717) is 36.4 Å². The Balaban J connectivity index is 1.14. The zero-order chi connectivity index (χ0) is 29.7. The summed E-state index contributed by atoms with van der Waals surface area (Å²) >= 11 is 0. The normalized spacial score (nSPS) is 28.6. The Morgan fingerprint density at radius 1 is 1.12 bits per heavy atom. The van der Waals surface area contributed by atoms with Crippen LogP contribution in [0.3, 0.4) is 0 Å². The maximum Gasteiger partial charge on any atom is 0.308 e. The zero-order valence-electron chi connectivity index (χ0n) is 25.7. The van der Waals surface area contributed by atoms with E-state index in [4.69, 9.17) is 9.47 Å². The molecular formula is C36H46N2O5. The number of likely N-dealkylation sites (N-methyl/N-ethyl adjacent to an activating group) is 1. The van der Waals surface area contributed by atoms with Gasteiger partial charge in [0, 0.05) is 55.1 Å². The summed E-state index contributed by atoms with van der Waals surface area (Å²) in [6.07, 6.45) is 10.7. The van der Waals surface area contributed by atoms with Crippen molar-refractivity contribution < 1.29 is 24.2 Å². The standard InChI is InChI=1S/C36H46N2O5/c1-3-38(32(41)13-9-5-8-12-24-10-6-4-7-11-24)28-17-16-27-29-20-26-30(40)21-31(42-23(2)39)34-33(26)36(27,35(28)43-34)18-19-37(29)22-25-14-15-25/h4,6-7,10-11,21,25,27-29,35,40H,3,5,8-9,12-20,22H2,1-2H3/t27-,28+,29+,35-,36-/m0/s1. The van der Waals surface area contributed by atoms with Crippen molar-refractivity contribution in [3.63, 3.8) is 0 Å². The Hall–Kier alpha value is -3.06. The first-order valence-corrected chi connectivity index (χ1v) is 16.7. The van der Waals surface area contributed by atoms with E-state index in [2.05, 4.69) is 41.0 Å². The number of piperidine rings is 1. The lowest BCUT2D eigenvalue weighted by Crippen LogP contribution is -2.69. The highest BCUT2D eigenvalue weighted by atomic mass is 16.6. The molecule has 7 nitrogen and oxygen atoms in total. The number of likely N-dealkylation sites (tertiary alicyclic amines) is 1. The van der Waals surface area contributed by atoms with Crippen LogP contribution in [0, 0.1) is 11.8 Å². The van der Waals surface area contributed by atoms with Gasteiger partial charge in [0.05, 0.1) is 6.04 Å². The molecule has 7 heteroatoms. The number of hydrogen-bond donors (Lipinski definition) is 1. The average Bonchev–Trinajstić information content (AvgIpc) is 3.75. The molecule has 1 spiro atoms. The van der Waals surface area contributed by atoms with Crippen LogP contribution in [0.5, 0.6) is 17.2 Å². The predicted octanol–water partition coefficient (Wildman–Crippen LogP) is 5.79. The molecule has 43 heavy (non-hydrogen) atoms. The molecule has 2 aromatic rings. The molecule has 0 unspecified atom stereocenters. The Kier molecular flexibility index (Phi) is 7.65. The number of unbranched alkanes of at least 4 members (excludes halogenated alkanes) is 2. The molecule has 0 aromatic heterocycles. The number of phenols is 1. The first-order valence-electron chi connectivity index (χ1n) is 16.7. The molecule has 5 atom stereocenters. The second-order valence-corrected chi connectivity index (χ2v) is 13.7. The number of nitrogens with zero attached hydrogens (tertiary/aromatic N) is 2. The molecule has 1 saturated heterocycles. The zero-order valence-corrected chi connectivity index (χ0v) is 25.7. The third-order valence-electron chi connectivity index (χ3n) is 11.2. The number of carbonyl (C=O) groups is 2. The first-order chi connectivity index (χ1) is 20.9. The fourth-order valence-electron chi connectivity index (χ4n) is 9.23. The second kappa shape index (κ2) is 11.5. The van der Waals surface area contributed by atoms with Crippen LogP contribution in [0.15, 0.2) is 36.4 Å². The van der Waals surface area contributed by atoms with Crippen LogP contribution in [-0.2, 0) is 27.8 Å². The van der Waals surface area contributed by atoms with Crippen LogP contribution < -0.4 is 9.47 Å². The Morgan fingerprint density at radius 2 is 1.93 bits per heavy atom. The smallest absolute Gasteiger partial charge is 0.308 e. The highest BCUT2D eigenvalue weighted by molar-refractivity contribution is 5.77. The summed E-state index contributed by atoms with van der Waals surface area (Å²) in [6, 6.07) is 12.5. The number of carbonyl (C=O) groups excluding carboxylic acids is 2. The van der Waals surface area contributed by atoms with Crippen molar-refractivity contribution in [1.29, 1.82) is 0 Å². The molecule has 2 heterocycles. The summed E-state index contributed by atoms with van der Waals surface area (Å²) in [5.41, 5.74) is 3.09. The minimum atomic E-state index is -0.426. The summed E-state index contributed by atoms with van der Waals surface area (Å²) in [5.74, 6) is 2.14. The highest BCUT2D eigenvalue weighted by Crippen LogP contribution is 2.66. The van der Waals surface area contributed by atoms with Gasteiger partial charge < -0.3 is 19.5 Å². The summed E-state index contributed by atoms with van der Waals surface area (Å²) in [5, 5.41) is 11.3. The van der Waals surface area contributed by atoms with Crippen LogP contribution in [0.25, 0.3) is 0 Å². The Morgan fingerprint density at radius 3 is 2.67 bits per heavy atom. The van der Waals surface area contributed by atoms with Crippen molar-refractivity contribution in [3.05, 3.63) is 53.1 Å². The number of esters is 1. The number of aryl methyl sites for hydroxylation is 1. The quantitative estimate of drug-likeness (QED) is 0.204. The number of ether oxygens (including phenoxy) is 2. The molecule has 7 rings (SSSR count). The fraction of sp³-hybridized carbons (Fsp3) is 0.611. The van der Waals surface area contributed by atoms with Gasteiger partial charge in [0.25, 0.3) is 0 Å². The molecule has 0 radical (unpaired) electrons. The molecule has 2 bridgehead atoms. The van der Waals surface area contributed by atoms with Crippen molar-refractivity contribution in [2.24, 2.45) is 11.8 Å². The predicted molar refractivity (Wildman–Crippen MR) is 164 cm³/mol. The molecular weight excluding hydrogens is 540 g/mol. The lowest BCUT2D eigenvalue weighted by Gasteiger charge is -2.60. The van der Waals surface area contributed by atoms with E-state index >= 15 is 0 Å². The van der Waals surface area contributed by atoms with Crippen LogP contribution in [0.1, 0.15) is 88.3 Å². The maximum atomic E-state index is 13.8. The highest BCUT2D eigenvalue weighted by Gasteiger charge is 2.67. The van der Waals surface area contributed by atoms with Crippen LogP contribution in [0.4, 0.5) is 0 Å². The van der Waals surface area contributed by atoms with Crippen molar-refractivity contribution in [2.75, 3.05) is 19.6 Å². The largest absolute Gasteiger partial charge is 0.508 e. The molecule has 2 saturated carbocycles. The first kappa shape index (κ1) is 28.7. The van der Waals surface area contributed by atoms with Gasteiger partial charge in [-0.2, -0.15) is 0 Å².